The minimum Gasteiger partial charge on any atom is -0.497 e. The number of ether oxygens (including phenoxy) is 2. The van der Waals surface area contributed by atoms with Crippen LogP contribution in [0.3, 0.4) is 0 Å². The van der Waals surface area contributed by atoms with Gasteiger partial charge >= 0.3 is 0 Å². The van der Waals surface area contributed by atoms with E-state index in [0.29, 0.717) is 12.6 Å². The van der Waals surface area contributed by atoms with E-state index < -0.39 is 0 Å². The fraction of sp³-hybridized carbons (Fsp3) is 0.500. The van der Waals surface area contributed by atoms with Gasteiger partial charge in [0, 0.05) is 61.1 Å². The zero-order valence-corrected chi connectivity index (χ0v) is 17.8. The molecule has 0 radical (unpaired) electrons. The Balaban J connectivity index is 1.55. The van der Waals surface area contributed by atoms with Crippen LogP contribution < -0.4 is 25.0 Å². The number of methoxy groups -OCH3 is 2. The monoisotopic (exact) mass is 403 g/mol. The van der Waals surface area contributed by atoms with Crippen LogP contribution in [0.1, 0.15) is 23.2 Å². The minimum atomic E-state index is 0.325. The predicted octanol–water partition coefficient (Wildman–Crippen LogP) is 2.67. The standard InChI is InChI=1S/C20H29N5O2S/c1-5-18-11-22-19(28-18)12-23-20(21-2)24-14-6-7-25(13-14)15-8-16(26-3)10-17(9-15)27-4/h8-11,14H,5-7,12-13H2,1-4H3,(H2,21,23,24). The van der Waals surface area contributed by atoms with Crippen LogP contribution in [-0.4, -0.2) is 51.3 Å². The van der Waals surface area contributed by atoms with Gasteiger partial charge in [0.1, 0.15) is 16.5 Å². The van der Waals surface area contributed by atoms with Crippen molar-refractivity contribution in [3.63, 3.8) is 0 Å². The SMILES string of the molecule is CCc1cnc(CNC(=NC)NC2CCN(c3cc(OC)cc(OC)c3)C2)s1. The molecule has 7 nitrogen and oxygen atoms in total. The average Bonchev–Trinajstić information content (AvgIpc) is 3.40. The molecule has 28 heavy (non-hydrogen) atoms. The van der Waals surface area contributed by atoms with Crippen molar-refractivity contribution in [1.29, 1.82) is 0 Å². The van der Waals surface area contributed by atoms with Crippen molar-refractivity contribution < 1.29 is 9.47 Å². The summed E-state index contributed by atoms with van der Waals surface area (Å²) in [5.74, 6) is 2.42. The van der Waals surface area contributed by atoms with Crippen LogP contribution in [0.4, 0.5) is 5.69 Å². The highest BCUT2D eigenvalue weighted by Crippen LogP contribution is 2.30. The van der Waals surface area contributed by atoms with Crippen molar-refractivity contribution in [2.75, 3.05) is 39.3 Å². The third-order valence-electron chi connectivity index (χ3n) is 4.81. The Hall–Kier alpha value is -2.48. The zero-order chi connectivity index (χ0) is 19.9. The molecule has 1 atom stereocenters. The highest BCUT2D eigenvalue weighted by Gasteiger charge is 2.24. The quantitative estimate of drug-likeness (QED) is 0.547. The molecular weight excluding hydrogens is 374 g/mol. The van der Waals surface area contributed by atoms with Crippen LogP contribution in [0.15, 0.2) is 29.4 Å². The van der Waals surface area contributed by atoms with Gasteiger partial charge in [-0.15, -0.1) is 11.3 Å². The second kappa shape index (κ2) is 9.64. The van der Waals surface area contributed by atoms with Gasteiger partial charge in [-0.05, 0) is 12.8 Å². The van der Waals surface area contributed by atoms with E-state index >= 15 is 0 Å². The summed E-state index contributed by atoms with van der Waals surface area (Å²) >= 11 is 1.74. The Kier molecular flexibility index (Phi) is 6.97. The van der Waals surface area contributed by atoms with Crippen LogP contribution >= 0.6 is 11.3 Å². The third kappa shape index (κ3) is 5.07. The number of aryl methyl sites for hydroxylation is 1. The molecule has 152 valence electrons. The Labute approximate surface area is 170 Å². The van der Waals surface area contributed by atoms with Crippen LogP contribution in [0.25, 0.3) is 0 Å². The van der Waals surface area contributed by atoms with E-state index in [-0.39, 0.29) is 0 Å². The van der Waals surface area contributed by atoms with E-state index in [2.05, 4.69) is 32.4 Å². The number of hydrogen-bond donors (Lipinski definition) is 2. The van der Waals surface area contributed by atoms with Crippen molar-refractivity contribution in [3.8, 4) is 11.5 Å². The minimum absolute atomic E-state index is 0.325. The first-order valence-corrected chi connectivity index (χ1v) is 10.4. The number of hydrogen-bond acceptors (Lipinski definition) is 6. The molecule has 1 aliphatic rings. The first-order valence-electron chi connectivity index (χ1n) is 9.54. The van der Waals surface area contributed by atoms with E-state index in [1.54, 1.807) is 32.6 Å². The van der Waals surface area contributed by atoms with Crippen LogP contribution in [-0.2, 0) is 13.0 Å². The molecule has 0 amide bonds. The maximum Gasteiger partial charge on any atom is 0.191 e. The summed E-state index contributed by atoms with van der Waals surface area (Å²) in [5, 5.41) is 7.97. The molecule has 0 saturated carbocycles. The maximum atomic E-state index is 5.39. The van der Waals surface area contributed by atoms with Gasteiger partial charge in [0.2, 0.25) is 0 Å². The maximum absolute atomic E-state index is 5.39. The van der Waals surface area contributed by atoms with Gasteiger partial charge in [-0.2, -0.15) is 0 Å². The van der Waals surface area contributed by atoms with E-state index in [1.807, 2.05) is 24.4 Å². The van der Waals surface area contributed by atoms with Crippen LogP contribution in [0, 0.1) is 0 Å². The zero-order valence-electron chi connectivity index (χ0n) is 17.0. The van der Waals surface area contributed by atoms with Crippen molar-refractivity contribution in [1.82, 2.24) is 15.6 Å². The van der Waals surface area contributed by atoms with Gasteiger partial charge in [0.15, 0.2) is 5.96 Å². The lowest BCUT2D eigenvalue weighted by atomic mass is 10.2. The number of rotatable bonds is 7. The Bertz CT molecular complexity index is 785. The molecule has 0 bridgehead atoms. The van der Waals surface area contributed by atoms with Crippen molar-refractivity contribution in [2.24, 2.45) is 4.99 Å². The smallest absolute Gasteiger partial charge is 0.191 e. The second-order valence-corrected chi connectivity index (χ2v) is 7.85. The molecule has 3 rings (SSSR count). The van der Waals surface area contributed by atoms with Gasteiger partial charge in [-0.25, -0.2) is 4.98 Å². The van der Waals surface area contributed by atoms with Gasteiger partial charge in [-0.3, -0.25) is 4.99 Å². The molecule has 1 aliphatic heterocycles. The first kappa shape index (κ1) is 20.3. The summed E-state index contributed by atoms with van der Waals surface area (Å²) in [6.07, 6.45) is 4.02. The van der Waals surface area contributed by atoms with Gasteiger partial charge in [0.25, 0.3) is 0 Å². The number of aliphatic imine (C=N–C) groups is 1. The molecule has 1 fully saturated rings. The molecule has 8 heteroatoms. The highest BCUT2D eigenvalue weighted by atomic mass is 32.1. The lowest BCUT2D eigenvalue weighted by molar-refractivity contribution is 0.394. The summed E-state index contributed by atoms with van der Waals surface area (Å²) in [6.45, 7) is 4.70. The molecule has 0 spiro atoms. The third-order valence-corrected chi connectivity index (χ3v) is 5.95. The van der Waals surface area contributed by atoms with E-state index in [4.69, 9.17) is 9.47 Å². The Morgan fingerprint density at radius 1 is 1.29 bits per heavy atom. The van der Waals surface area contributed by atoms with Crippen LogP contribution in [0.2, 0.25) is 0 Å². The number of nitrogens with zero attached hydrogens (tertiary/aromatic N) is 3. The fourth-order valence-electron chi connectivity index (χ4n) is 3.23. The van der Waals surface area contributed by atoms with Crippen molar-refractivity contribution in [3.05, 3.63) is 34.3 Å². The summed E-state index contributed by atoms with van der Waals surface area (Å²) in [7, 11) is 5.15. The molecule has 1 saturated heterocycles. The molecule has 0 aliphatic carbocycles. The van der Waals surface area contributed by atoms with E-state index in [0.717, 1.165) is 54.1 Å². The van der Waals surface area contributed by atoms with Crippen LogP contribution in [0.5, 0.6) is 11.5 Å². The number of benzene rings is 1. The molecule has 2 N–H and O–H groups in total. The molecule has 1 aromatic heterocycles. The summed E-state index contributed by atoms with van der Waals surface area (Å²) in [6, 6.07) is 6.31. The largest absolute Gasteiger partial charge is 0.497 e. The average molecular weight is 404 g/mol. The predicted molar refractivity (Wildman–Crippen MR) is 115 cm³/mol. The highest BCUT2D eigenvalue weighted by molar-refractivity contribution is 7.11. The number of guanidine groups is 1. The first-order chi connectivity index (χ1) is 13.6. The van der Waals surface area contributed by atoms with Crippen molar-refractivity contribution in [2.45, 2.75) is 32.4 Å². The summed E-state index contributed by atoms with van der Waals surface area (Å²) < 4.78 is 10.8. The summed E-state index contributed by atoms with van der Waals surface area (Å²) in [5.41, 5.74) is 1.11. The van der Waals surface area contributed by atoms with E-state index in [9.17, 15) is 0 Å². The Morgan fingerprint density at radius 2 is 2.04 bits per heavy atom. The molecule has 2 heterocycles. The fourth-order valence-corrected chi connectivity index (χ4v) is 4.03. The van der Waals surface area contributed by atoms with Gasteiger partial charge in [0.05, 0.1) is 20.8 Å². The number of nitrogens with one attached hydrogen (secondary N) is 2. The molecule has 2 aromatic rings. The topological polar surface area (TPSA) is 71.0 Å². The second-order valence-electron chi connectivity index (χ2n) is 6.65. The van der Waals surface area contributed by atoms with Gasteiger partial charge in [-0.1, -0.05) is 6.92 Å². The van der Waals surface area contributed by atoms with Crippen molar-refractivity contribution >= 4 is 23.0 Å². The number of anilines is 1. The molecular formula is C20H29N5O2S. The molecule has 1 unspecified atom stereocenters. The normalized spacial score (nSPS) is 16.9. The van der Waals surface area contributed by atoms with Gasteiger partial charge < -0.3 is 25.0 Å². The Morgan fingerprint density at radius 3 is 2.64 bits per heavy atom. The number of aromatic nitrogens is 1. The lowest BCUT2D eigenvalue weighted by Crippen LogP contribution is -2.44. The summed E-state index contributed by atoms with van der Waals surface area (Å²) in [4.78, 5) is 12.5. The van der Waals surface area contributed by atoms with E-state index in [1.165, 1.54) is 4.88 Å². The number of thiazole rings is 1. The lowest BCUT2D eigenvalue weighted by Gasteiger charge is -2.21. The molecule has 1 aromatic carbocycles.